The van der Waals surface area contributed by atoms with E-state index < -0.39 is 5.97 Å². The molecule has 124 valence electrons. The van der Waals surface area contributed by atoms with Gasteiger partial charge in [-0.3, -0.25) is 4.79 Å². The third-order valence-corrected chi connectivity index (χ3v) is 4.29. The van der Waals surface area contributed by atoms with Crippen LogP contribution in [-0.4, -0.2) is 31.0 Å². The number of hydrogen-bond acceptors (Lipinski definition) is 5. The summed E-state index contributed by atoms with van der Waals surface area (Å²) < 4.78 is 0. The molecule has 3 rings (SSSR count). The van der Waals surface area contributed by atoms with E-state index in [1.807, 2.05) is 6.92 Å². The predicted molar refractivity (Wildman–Crippen MR) is 91.5 cm³/mol. The largest absolute Gasteiger partial charge is 0.478 e. The number of hydrogen-bond donors (Lipinski definition) is 3. The minimum atomic E-state index is -0.975. The van der Waals surface area contributed by atoms with Crippen LogP contribution in [-0.2, 0) is 12.2 Å². The number of aromatic nitrogens is 4. The third kappa shape index (κ3) is 3.65. The number of H-pyrrole nitrogens is 2. The maximum absolute atomic E-state index is 11.7. The van der Waals surface area contributed by atoms with E-state index in [1.54, 1.807) is 12.1 Å². The molecule has 8 heteroatoms. The predicted octanol–water partition coefficient (Wildman–Crippen LogP) is 2.59. The highest BCUT2D eigenvalue weighted by Crippen LogP contribution is 2.20. The number of carboxylic acids is 1. The topological polar surface area (TPSA) is 112 Å². The van der Waals surface area contributed by atoms with Crippen molar-refractivity contribution in [3.63, 3.8) is 0 Å². The second-order valence-corrected chi connectivity index (χ2v) is 6.27. The smallest absolute Gasteiger partial charge is 0.335 e. The SMILES string of the molecule is CCCc1cc(=O)[nH]c(SCc2nc3ccc(C(=O)O)cc3[nH]2)n1. The van der Waals surface area contributed by atoms with Crippen LogP contribution in [0.2, 0.25) is 0 Å². The number of aromatic carboxylic acids is 1. The van der Waals surface area contributed by atoms with Gasteiger partial charge in [-0.05, 0) is 24.6 Å². The van der Waals surface area contributed by atoms with Crippen LogP contribution < -0.4 is 5.56 Å². The summed E-state index contributed by atoms with van der Waals surface area (Å²) >= 11 is 1.38. The van der Waals surface area contributed by atoms with Crippen LogP contribution in [0.1, 0.15) is 35.2 Å². The average molecular weight is 344 g/mol. The summed E-state index contributed by atoms with van der Waals surface area (Å²) in [6.45, 7) is 2.04. The first-order valence-electron chi connectivity index (χ1n) is 7.50. The van der Waals surface area contributed by atoms with Gasteiger partial charge in [-0.15, -0.1) is 0 Å². The zero-order valence-corrected chi connectivity index (χ0v) is 13.8. The molecule has 3 N–H and O–H groups in total. The third-order valence-electron chi connectivity index (χ3n) is 3.40. The number of nitrogens with zero attached hydrogens (tertiary/aromatic N) is 2. The van der Waals surface area contributed by atoms with Gasteiger partial charge in [0.25, 0.3) is 5.56 Å². The molecule has 0 fully saturated rings. The Morgan fingerprint density at radius 1 is 1.25 bits per heavy atom. The quantitative estimate of drug-likeness (QED) is 0.468. The number of carboxylic acid groups (broad SMARTS) is 1. The number of aryl methyl sites for hydroxylation is 1. The normalized spacial score (nSPS) is 11.0. The lowest BCUT2D eigenvalue weighted by atomic mass is 10.2. The molecule has 0 bridgehead atoms. The van der Waals surface area contributed by atoms with Crippen molar-refractivity contribution in [2.24, 2.45) is 0 Å². The number of fused-ring (bicyclic) bond motifs is 1. The molecule has 3 aromatic rings. The van der Waals surface area contributed by atoms with E-state index in [1.165, 1.54) is 23.9 Å². The molecule has 2 heterocycles. The van der Waals surface area contributed by atoms with Crippen LogP contribution >= 0.6 is 11.8 Å². The van der Waals surface area contributed by atoms with Gasteiger partial charge < -0.3 is 15.1 Å². The van der Waals surface area contributed by atoms with Gasteiger partial charge in [0.1, 0.15) is 5.82 Å². The van der Waals surface area contributed by atoms with E-state index in [2.05, 4.69) is 19.9 Å². The molecule has 0 saturated carbocycles. The van der Waals surface area contributed by atoms with Crippen molar-refractivity contribution in [3.8, 4) is 0 Å². The molecule has 0 atom stereocenters. The fourth-order valence-electron chi connectivity index (χ4n) is 2.34. The summed E-state index contributed by atoms with van der Waals surface area (Å²) in [5.41, 5.74) is 2.21. The first-order valence-corrected chi connectivity index (χ1v) is 8.48. The molecule has 0 amide bonds. The van der Waals surface area contributed by atoms with Crippen LogP contribution in [0.5, 0.6) is 0 Å². The molecule has 24 heavy (non-hydrogen) atoms. The van der Waals surface area contributed by atoms with Crippen molar-refractivity contribution in [3.05, 3.63) is 51.7 Å². The Balaban J connectivity index is 1.78. The van der Waals surface area contributed by atoms with Gasteiger partial charge in [-0.1, -0.05) is 25.1 Å². The minimum Gasteiger partial charge on any atom is -0.478 e. The van der Waals surface area contributed by atoms with E-state index in [0.29, 0.717) is 27.8 Å². The summed E-state index contributed by atoms with van der Waals surface area (Å²) in [7, 11) is 0. The van der Waals surface area contributed by atoms with Gasteiger partial charge >= 0.3 is 5.97 Å². The lowest BCUT2D eigenvalue weighted by Crippen LogP contribution is -2.10. The van der Waals surface area contributed by atoms with Crippen molar-refractivity contribution >= 4 is 28.8 Å². The second-order valence-electron chi connectivity index (χ2n) is 5.30. The summed E-state index contributed by atoms with van der Waals surface area (Å²) in [6.07, 6.45) is 1.69. The van der Waals surface area contributed by atoms with Crippen molar-refractivity contribution in [2.45, 2.75) is 30.7 Å². The van der Waals surface area contributed by atoms with E-state index in [0.717, 1.165) is 18.5 Å². The van der Waals surface area contributed by atoms with Gasteiger partial charge in [-0.25, -0.2) is 14.8 Å². The van der Waals surface area contributed by atoms with Crippen LogP contribution in [0.3, 0.4) is 0 Å². The lowest BCUT2D eigenvalue weighted by molar-refractivity contribution is 0.0697. The highest BCUT2D eigenvalue weighted by molar-refractivity contribution is 7.98. The molecule has 0 radical (unpaired) electrons. The van der Waals surface area contributed by atoms with Crippen molar-refractivity contribution in [2.75, 3.05) is 0 Å². The molecular formula is C16H16N4O3S. The number of benzene rings is 1. The number of thioether (sulfide) groups is 1. The Kier molecular flexibility index (Phi) is 4.66. The highest BCUT2D eigenvalue weighted by Gasteiger charge is 2.09. The molecule has 0 aliphatic rings. The maximum atomic E-state index is 11.7. The van der Waals surface area contributed by atoms with Gasteiger partial charge in [0.15, 0.2) is 5.16 Å². The summed E-state index contributed by atoms with van der Waals surface area (Å²) in [5, 5.41) is 9.57. The second kappa shape index (κ2) is 6.88. The fourth-order valence-corrected chi connectivity index (χ4v) is 3.10. The molecule has 1 aromatic carbocycles. The van der Waals surface area contributed by atoms with E-state index in [-0.39, 0.29) is 11.1 Å². The van der Waals surface area contributed by atoms with Crippen molar-refractivity contribution < 1.29 is 9.90 Å². The fraction of sp³-hybridized carbons (Fsp3) is 0.250. The lowest BCUT2D eigenvalue weighted by Gasteiger charge is -2.02. The van der Waals surface area contributed by atoms with Crippen LogP contribution in [0.25, 0.3) is 11.0 Å². The Morgan fingerprint density at radius 3 is 2.83 bits per heavy atom. The number of rotatable bonds is 6. The molecule has 0 aliphatic carbocycles. The van der Waals surface area contributed by atoms with Gasteiger partial charge in [0.05, 0.1) is 22.3 Å². The molecular weight excluding hydrogens is 328 g/mol. The number of carbonyl (C=O) groups is 1. The first kappa shape index (κ1) is 16.3. The minimum absolute atomic E-state index is 0.161. The van der Waals surface area contributed by atoms with E-state index in [4.69, 9.17) is 5.11 Å². The van der Waals surface area contributed by atoms with Gasteiger partial charge in [0, 0.05) is 11.8 Å². The number of imidazole rings is 1. The summed E-state index contributed by atoms with van der Waals surface area (Å²) in [4.78, 5) is 37.3. The van der Waals surface area contributed by atoms with E-state index in [9.17, 15) is 9.59 Å². The molecule has 0 unspecified atom stereocenters. The molecule has 0 aliphatic heterocycles. The van der Waals surface area contributed by atoms with Gasteiger partial charge in [-0.2, -0.15) is 0 Å². The standard InChI is InChI=1S/C16H16N4O3S/c1-2-3-10-7-14(21)20-16(17-10)24-8-13-18-11-5-4-9(15(22)23)6-12(11)19-13/h4-7H,2-3,8H2,1H3,(H,18,19)(H,22,23)(H,17,20,21). The zero-order chi connectivity index (χ0) is 17.1. The van der Waals surface area contributed by atoms with Crippen molar-refractivity contribution in [1.82, 2.24) is 19.9 Å². The Morgan fingerprint density at radius 2 is 2.08 bits per heavy atom. The Bertz CT molecular complexity index is 948. The molecule has 0 saturated heterocycles. The number of nitrogens with one attached hydrogen (secondary N) is 2. The molecule has 7 nitrogen and oxygen atoms in total. The Labute approximate surface area is 141 Å². The molecule has 2 aromatic heterocycles. The first-order chi connectivity index (χ1) is 11.5. The maximum Gasteiger partial charge on any atom is 0.335 e. The van der Waals surface area contributed by atoms with Gasteiger partial charge in [0.2, 0.25) is 0 Å². The Hall–Kier alpha value is -2.61. The monoisotopic (exact) mass is 344 g/mol. The highest BCUT2D eigenvalue weighted by atomic mass is 32.2. The van der Waals surface area contributed by atoms with E-state index >= 15 is 0 Å². The summed E-state index contributed by atoms with van der Waals surface area (Å²) in [6, 6.07) is 6.27. The van der Waals surface area contributed by atoms with Crippen LogP contribution in [0.4, 0.5) is 0 Å². The van der Waals surface area contributed by atoms with Crippen LogP contribution in [0.15, 0.2) is 34.2 Å². The zero-order valence-electron chi connectivity index (χ0n) is 13.0. The van der Waals surface area contributed by atoms with Crippen LogP contribution in [0, 0.1) is 0 Å². The number of aromatic amines is 2. The average Bonchev–Trinajstić information content (AvgIpc) is 2.94. The van der Waals surface area contributed by atoms with Crippen molar-refractivity contribution in [1.29, 1.82) is 0 Å². The molecule has 0 spiro atoms. The summed E-state index contributed by atoms with van der Waals surface area (Å²) in [5.74, 6) is 0.216.